The van der Waals surface area contributed by atoms with E-state index < -0.39 is 10.8 Å². The molecule has 0 radical (unpaired) electrons. The van der Waals surface area contributed by atoms with Crippen molar-refractivity contribution in [1.29, 1.82) is 0 Å². The Labute approximate surface area is 179 Å². The number of H-pyrrole nitrogens is 1. The number of benzene rings is 2. The molecule has 0 unspecified atom stereocenters. The summed E-state index contributed by atoms with van der Waals surface area (Å²) in [5, 5.41) is 10.1. The van der Waals surface area contributed by atoms with Gasteiger partial charge in [-0.1, -0.05) is 53.7 Å². The molecular formula is C22H23N5O2S. The predicted molar refractivity (Wildman–Crippen MR) is 119 cm³/mol. The number of nitrogens with zero attached hydrogens (tertiary/aromatic N) is 3. The summed E-state index contributed by atoms with van der Waals surface area (Å²) in [6, 6.07) is 15.3. The predicted octanol–water partition coefficient (Wildman–Crippen LogP) is 4.02. The summed E-state index contributed by atoms with van der Waals surface area (Å²) in [6.07, 6.45) is 0. The Balaban J connectivity index is 1.57. The molecule has 0 saturated carbocycles. The lowest BCUT2D eigenvalue weighted by molar-refractivity contribution is -0.126. The fourth-order valence-electron chi connectivity index (χ4n) is 3.38. The first-order chi connectivity index (χ1) is 14.3. The van der Waals surface area contributed by atoms with Gasteiger partial charge < -0.3 is 5.32 Å². The molecule has 8 heteroatoms. The first kappa shape index (κ1) is 20.2. The molecule has 154 valence electrons. The van der Waals surface area contributed by atoms with Gasteiger partial charge in [-0.3, -0.25) is 19.6 Å². The number of carbonyl (C=O) groups is 2. The smallest absolute Gasteiger partial charge is 0.250 e. The van der Waals surface area contributed by atoms with Crippen LogP contribution in [-0.4, -0.2) is 37.8 Å². The van der Waals surface area contributed by atoms with Crippen LogP contribution < -0.4 is 10.2 Å². The van der Waals surface area contributed by atoms with Gasteiger partial charge in [0.05, 0.1) is 16.6 Å². The molecule has 0 spiro atoms. The van der Waals surface area contributed by atoms with Crippen molar-refractivity contribution >= 4 is 35.0 Å². The fraction of sp³-hybridized carbons (Fsp3) is 0.273. The lowest BCUT2D eigenvalue weighted by Gasteiger charge is -2.42. The van der Waals surface area contributed by atoms with Crippen molar-refractivity contribution in [3.05, 3.63) is 54.1 Å². The first-order valence-electron chi connectivity index (χ1n) is 9.68. The summed E-state index contributed by atoms with van der Waals surface area (Å²) >= 11 is 1.26. The summed E-state index contributed by atoms with van der Waals surface area (Å²) in [5.74, 6) is 0.264. The zero-order valence-corrected chi connectivity index (χ0v) is 18.1. The molecule has 0 bridgehead atoms. The number of aryl methyl sites for hydroxylation is 1. The number of hydrogen-bond donors (Lipinski definition) is 2. The molecule has 7 nitrogen and oxygen atoms in total. The maximum Gasteiger partial charge on any atom is 0.250 e. The van der Waals surface area contributed by atoms with Crippen molar-refractivity contribution in [2.24, 2.45) is 0 Å². The monoisotopic (exact) mass is 421 g/mol. The lowest BCUT2D eigenvalue weighted by Crippen LogP contribution is -2.60. The van der Waals surface area contributed by atoms with E-state index in [0.717, 1.165) is 5.56 Å². The third-order valence-electron chi connectivity index (χ3n) is 5.15. The Morgan fingerprint density at radius 1 is 1.13 bits per heavy atom. The zero-order valence-electron chi connectivity index (χ0n) is 17.3. The highest BCUT2D eigenvalue weighted by Crippen LogP contribution is 2.38. The van der Waals surface area contributed by atoms with E-state index in [2.05, 4.69) is 20.5 Å². The van der Waals surface area contributed by atoms with Crippen LogP contribution in [0.25, 0.3) is 11.4 Å². The molecule has 1 aromatic heterocycles. The van der Waals surface area contributed by atoms with Crippen LogP contribution in [0.15, 0.2) is 53.7 Å². The molecule has 4 rings (SSSR count). The van der Waals surface area contributed by atoms with Gasteiger partial charge in [-0.2, -0.15) is 0 Å². The summed E-state index contributed by atoms with van der Waals surface area (Å²) < 4.78 is 0. The number of para-hydroxylation sites is 2. The van der Waals surface area contributed by atoms with Gasteiger partial charge in [0.15, 0.2) is 5.82 Å². The second-order valence-corrected chi connectivity index (χ2v) is 9.10. The number of thioether (sulfide) groups is 1. The minimum absolute atomic E-state index is 0.172. The lowest BCUT2D eigenvalue weighted by atomic mass is 9.96. The highest BCUT2D eigenvalue weighted by Gasteiger charge is 2.44. The Bertz CT molecular complexity index is 1110. The van der Waals surface area contributed by atoms with E-state index in [1.54, 1.807) is 31.7 Å². The van der Waals surface area contributed by atoms with Crippen LogP contribution in [0.1, 0.15) is 26.3 Å². The topological polar surface area (TPSA) is 91.0 Å². The van der Waals surface area contributed by atoms with Crippen LogP contribution in [-0.2, 0) is 9.59 Å². The standard InChI is InChI=1S/C22H23N5O2S/c1-13-9-11-15(12-10-13)18-24-21(26-25-18)30-14(2)19(28)27-17-8-6-5-7-16(17)23-20(29)22(27,3)4/h5-12,14H,1-4H3,(H,23,29)(H,24,25,26)/t14-/m0/s1. The number of carbonyl (C=O) groups excluding carboxylic acids is 2. The molecule has 0 aliphatic carbocycles. The van der Waals surface area contributed by atoms with Crippen LogP contribution in [0.2, 0.25) is 0 Å². The highest BCUT2D eigenvalue weighted by molar-refractivity contribution is 8.00. The Morgan fingerprint density at radius 3 is 2.57 bits per heavy atom. The third-order valence-corrected chi connectivity index (χ3v) is 6.10. The summed E-state index contributed by atoms with van der Waals surface area (Å²) in [5.41, 5.74) is 2.41. The minimum atomic E-state index is -1.01. The fourth-order valence-corrected chi connectivity index (χ4v) is 4.14. The van der Waals surface area contributed by atoms with E-state index in [1.165, 1.54) is 17.3 Å². The van der Waals surface area contributed by atoms with Crippen molar-refractivity contribution in [3.8, 4) is 11.4 Å². The van der Waals surface area contributed by atoms with Gasteiger partial charge in [0.2, 0.25) is 17.0 Å². The normalized spacial score (nSPS) is 16.0. The molecule has 1 atom stereocenters. The van der Waals surface area contributed by atoms with Crippen molar-refractivity contribution in [3.63, 3.8) is 0 Å². The largest absolute Gasteiger partial charge is 0.322 e. The third kappa shape index (κ3) is 3.59. The maximum absolute atomic E-state index is 13.4. The van der Waals surface area contributed by atoms with Crippen LogP contribution >= 0.6 is 11.8 Å². The van der Waals surface area contributed by atoms with Gasteiger partial charge in [-0.15, -0.1) is 5.10 Å². The zero-order chi connectivity index (χ0) is 21.5. The molecule has 3 aromatic rings. The van der Waals surface area contributed by atoms with Crippen LogP contribution in [0.3, 0.4) is 0 Å². The molecule has 0 fully saturated rings. The molecule has 1 aliphatic heterocycles. The summed E-state index contributed by atoms with van der Waals surface area (Å²) in [6.45, 7) is 7.32. The second-order valence-electron chi connectivity index (χ2n) is 7.80. The average molecular weight is 422 g/mol. The number of aromatic nitrogens is 3. The highest BCUT2D eigenvalue weighted by atomic mass is 32.2. The molecule has 2 N–H and O–H groups in total. The van der Waals surface area contributed by atoms with Crippen molar-refractivity contribution < 1.29 is 9.59 Å². The van der Waals surface area contributed by atoms with Crippen LogP contribution in [0.4, 0.5) is 11.4 Å². The SMILES string of the molecule is Cc1ccc(-c2nc(S[C@@H](C)C(=O)N3c4ccccc4NC(=O)C3(C)C)n[nH]2)cc1. The van der Waals surface area contributed by atoms with Gasteiger partial charge in [-0.25, -0.2) is 4.98 Å². The number of hydrogen-bond acceptors (Lipinski definition) is 5. The van der Waals surface area contributed by atoms with Crippen molar-refractivity contribution in [2.75, 3.05) is 10.2 Å². The average Bonchev–Trinajstić information content (AvgIpc) is 3.17. The molecule has 2 aromatic carbocycles. The maximum atomic E-state index is 13.4. The van der Waals surface area contributed by atoms with Gasteiger partial charge in [0.1, 0.15) is 5.54 Å². The van der Waals surface area contributed by atoms with E-state index in [-0.39, 0.29) is 11.8 Å². The first-order valence-corrected chi connectivity index (χ1v) is 10.6. The van der Waals surface area contributed by atoms with E-state index >= 15 is 0 Å². The molecular weight excluding hydrogens is 398 g/mol. The number of nitrogens with one attached hydrogen (secondary N) is 2. The summed E-state index contributed by atoms with van der Waals surface area (Å²) in [7, 11) is 0. The van der Waals surface area contributed by atoms with E-state index in [4.69, 9.17) is 0 Å². The minimum Gasteiger partial charge on any atom is -0.322 e. The van der Waals surface area contributed by atoms with Gasteiger partial charge in [0, 0.05) is 5.56 Å². The Hall–Kier alpha value is -3.13. The molecule has 2 amide bonds. The van der Waals surface area contributed by atoms with Crippen molar-refractivity contribution in [2.45, 2.75) is 43.6 Å². The Kier molecular flexibility index (Phi) is 5.11. The van der Waals surface area contributed by atoms with Gasteiger partial charge in [-0.05, 0) is 39.8 Å². The second kappa shape index (κ2) is 7.60. The van der Waals surface area contributed by atoms with E-state index in [1.807, 2.05) is 49.4 Å². The number of rotatable bonds is 4. The summed E-state index contributed by atoms with van der Waals surface area (Å²) in [4.78, 5) is 32.1. The van der Waals surface area contributed by atoms with Gasteiger partial charge in [0.25, 0.3) is 0 Å². The molecule has 1 aliphatic rings. The Morgan fingerprint density at radius 2 is 1.83 bits per heavy atom. The number of fused-ring (bicyclic) bond motifs is 1. The molecule has 0 saturated heterocycles. The van der Waals surface area contributed by atoms with Crippen LogP contribution in [0.5, 0.6) is 0 Å². The number of anilines is 2. The van der Waals surface area contributed by atoms with Gasteiger partial charge >= 0.3 is 0 Å². The quantitative estimate of drug-likeness (QED) is 0.621. The molecule has 2 heterocycles. The van der Waals surface area contributed by atoms with Crippen LogP contribution in [0, 0.1) is 6.92 Å². The number of aromatic amines is 1. The van der Waals surface area contributed by atoms with E-state index in [9.17, 15) is 9.59 Å². The number of amides is 2. The van der Waals surface area contributed by atoms with E-state index in [0.29, 0.717) is 22.4 Å². The molecule has 30 heavy (non-hydrogen) atoms. The van der Waals surface area contributed by atoms with Crippen molar-refractivity contribution in [1.82, 2.24) is 15.2 Å².